The number of carbonyl (C=O) groups excluding carboxylic acids is 2. The number of amides is 1. The van der Waals surface area contributed by atoms with Gasteiger partial charge in [-0.1, -0.05) is 23.2 Å². The molecule has 0 aliphatic rings. The van der Waals surface area contributed by atoms with Crippen molar-refractivity contribution in [3.05, 3.63) is 58.1 Å². The molecular weight excluding hydrogens is 365 g/mol. The van der Waals surface area contributed by atoms with Gasteiger partial charge in [0.05, 0.1) is 17.2 Å². The lowest BCUT2D eigenvalue weighted by molar-refractivity contribution is -0.122. The second-order valence-corrected chi connectivity index (χ2v) is 5.96. The van der Waals surface area contributed by atoms with Crippen molar-refractivity contribution in [3.63, 3.8) is 0 Å². The number of rotatable bonds is 6. The molecular formula is C18H17Cl2NO4. The molecule has 1 N–H and O–H groups in total. The molecule has 0 aliphatic heterocycles. The van der Waals surface area contributed by atoms with Crippen LogP contribution >= 0.6 is 23.2 Å². The Labute approximate surface area is 155 Å². The fourth-order valence-corrected chi connectivity index (χ4v) is 2.37. The summed E-state index contributed by atoms with van der Waals surface area (Å²) in [6.07, 6.45) is -0.732. The first kappa shape index (κ1) is 19.1. The summed E-state index contributed by atoms with van der Waals surface area (Å²) in [6, 6.07) is 11.3. The van der Waals surface area contributed by atoms with Crippen molar-refractivity contribution >= 4 is 40.8 Å². The molecule has 1 unspecified atom stereocenters. The van der Waals surface area contributed by atoms with Crippen LogP contribution in [0.5, 0.6) is 5.75 Å². The van der Waals surface area contributed by atoms with Crippen molar-refractivity contribution in [1.82, 2.24) is 0 Å². The average molecular weight is 382 g/mol. The van der Waals surface area contributed by atoms with Crippen molar-refractivity contribution in [1.29, 1.82) is 0 Å². The fourth-order valence-electron chi connectivity index (χ4n) is 1.98. The average Bonchev–Trinajstić information content (AvgIpc) is 2.57. The van der Waals surface area contributed by atoms with Crippen LogP contribution in [0.25, 0.3) is 0 Å². The number of ether oxygens (including phenoxy) is 2. The number of esters is 1. The van der Waals surface area contributed by atoms with Crippen LogP contribution in [-0.2, 0) is 9.53 Å². The van der Waals surface area contributed by atoms with E-state index in [1.54, 1.807) is 44.2 Å². The Morgan fingerprint density at radius 3 is 2.40 bits per heavy atom. The summed E-state index contributed by atoms with van der Waals surface area (Å²) in [5.41, 5.74) is 0.696. The van der Waals surface area contributed by atoms with Crippen molar-refractivity contribution in [3.8, 4) is 5.75 Å². The van der Waals surface area contributed by atoms with E-state index in [-0.39, 0.29) is 23.1 Å². The molecule has 0 saturated heterocycles. The summed E-state index contributed by atoms with van der Waals surface area (Å²) in [4.78, 5) is 23.9. The van der Waals surface area contributed by atoms with Crippen LogP contribution in [0.1, 0.15) is 24.2 Å². The maximum Gasteiger partial charge on any atom is 0.339 e. The van der Waals surface area contributed by atoms with E-state index < -0.39 is 12.1 Å². The Balaban J connectivity index is 2.00. The minimum atomic E-state index is -0.732. The van der Waals surface area contributed by atoms with Gasteiger partial charge in [-0.2, -0.15) is 0 Å². The van der Waals surface area contributed by atoms with Crippen molar-refractivity contribution < 1.29 is 19.1 Å². The molecule has 0 bridgehead atoms. The lowest BCUT2D eigenvalue weighted by Gasteiger charge is -2.15. The first-order valence-electron chi connectivity index (χ1n) is 7.60. The van der Waals surface area contributed by atoms with Gasteiger partial charge < -0.3 is 14.8 Å². The highest BCUT2D eigenvalue weighted by atomic mass is 35.5. The van der Waals surface area contributed by atoms with Crippen LogP contribution in [0.4, 0.5) is 5.69 Å². The number of anilines is 1. The highest BCUT2D eigenvalue weighted by molar-refractivity contribution is 6.34. The van der Waals surface area contributed by atoms with Crippen LogP contribution in [0.15, 0.2) is 42.5 Å². The first-order valence-corrected chi connectivity index (χ1v) is 8.36. The summed E-state index contributed by atoms with van der Waals surface area (Å²) >= 11 is 11.9. The zero-order valence-corrected chi connectivity index (χ0v) is 15.2. The molecule has 0 aromatic heterocycles. The summed E-state index contributed by atoms with van der Waals surface area (Å²) in [5.74, 6) is -0.331. The molecule has 0 aliphatic carbocycles. The molecule has 132 valence electrons. The lowest BCUT2D eigenvalue weighted by Crippen LogP contribution is -2.30. The smallest absolute Gasteiger partial charge is 0.339 e. The Hall–Kier alpha value is -2.24. The van der Waals surface area contributed by atoms with Crippen molar-refractivity contribution in [2.24, 2.45) is 0 Å². The topological polar surface area (TPSA) is 64.6 Å². The predicted molar refractivity (Wildman–Crippen MR) is 97.6 cm³/mol. The molecule has 25 heavy (non-hydrogen) atoms. The van der Waals surface area contributed by atoms with Crippen LogP contribution in [0.3, 0.4) is 0 Å². The summed E-state index contributed by atoms with van der Waals surface area (Å²) in [5, 5.41) is 3.47. The van der Waals surface area contributed by atoms with Crippen molar-refractivity contribution in [2.75, 3.05) is 11.9 Å². The lowest BCUT2D eigenvalue weighted by atomic mass is 10.2. The van der Waals surface area contributed by atoms with Gasteiger partial charge >= 0.3 is 5.97 Å². The molecule has 0 saturated carbocycles. The second-order valence-electron chi connectivity index (χ2n) is 5.12. The summed E-state index contributed by atoms with van der Waals surface area (Å²) in [6.45, 7) is 3.59. The van der Waals surface area contributed by atoms with Crippen LogP contribution in [0, 0.1) is 0 Å². The van der Waals surface area contributed by atoms with E-state index in [1.807, 2.05) is 0 Å². The van der Waals surface area contributed by atoms with Gasteiger partial charge in [-0.3, -0.25) is 4.79 Å². The third-order valence-electron chi connectivity index (χ3n) is 3.23. The third kappa shape index (κ3) is 5.37. The number of hydrogen-bond donors (Lipinski definition) is 1. The number of nitrogens with one attached hydrogen (secondary N) is 1. The highest BCUT2D eigenvalue weighted by Gasteiger charge is 2.17. The minimum absolute atomic E-state index is 0.197. The van der Waals surface area contributed by atoms with Gasteiger partial charge in [0, 0.05) is 10.7 Å². The van der Waals surface area contributed by atoms with Gasteiger partial charge in [0.25, 0.3) is 5.91 Å². The van der Waals surface area contributed by atoms with E-state index in [9.17, 15) is 9.59 Å². The molecule has 2 aromatic rings. The fraction of sp³-hybridized carbons (Fsp3) is 0.222. The maximum atomic E-state index is 12.2. The van der Waals surface area contributed by atoms with Crippen LogP contribution < -0.4 is 10.1 Å². The monoisotopic (exact) mass is 381 g/mol. The van der Waals surface area contributed by atoms with Gasteiger partial charge in [0.1, 0.15) is 5.75 Å². The van der Waals surface area contributed by atoms with Gasteiger partial charge in [0.2, 0.25) is 0 Å². The molecule has 2 aromatic carbocycles. The van der Waals surface area contributed by atoms with E-state index in [0.29, 0.717) is 16.5 Å². The highest BCUT2D eigenvalue weighted by Crippen LogP contribution is 2.22. The molecule has 0 heterocycles. The Bertz CT molecular complexity index is 762. The quantitative estimate of drug-likeness (QED) is 0.743. The van der Waals surface area contributed by atoms with E-state index in [2.05, 4.69) is 5.32 Å². The van der Waals surface area contributed by atoms with Crippen LogP contribution in [-0.4, -0.2) is 24.6 Å². The Kier molecular flexibility index (Phi) is 6.67. The zero-order valence-electron chi connectivity index (χ0n) is 13.7. The maximum absolute atomic E-state index is 12.2. The second kappa shape index (κ2) is 8.74. The molecule has 1 atom stereocenters. The van der Waals surface area contributed by atoms with Gasteiger partial charge in [-0.05, 0) is 56.3 Å². The normalized spacial score (nSPS) is 11.5. The molecule has 0 spiro atoms. The van der Waals surface area contributed by atoms with Gasteiger partial charge in [-0.15, -0.1) is 0 Å². The first-order chi connectivity index (χ1) is 11.9. The number of hydrogen-bond acceptors (Lipinski definition) is 4. The van der Waals surface area contributed by atoms with Gasteiger partial charge in [-0.25, -0.2) is 4.79 Å². The number of carbonyl (C=O) groups is 2. The largest absolute Gasteiger partial charge is 0.481 e. The number of benzene rings is 2. The van der Waals surface area contributed by atoms with Crippen molar-refractivity contribution in [2.45, 2.75) is 20.0 Å². The molecule has 2 rings (SSSR count). The SMILES string of the molecule is CCOC(=O)c1ccc(NC(=O)C(C)Oc2ccc(Cl)cc2)cc1Cl. The third-order valence-corrected chi connectivity index (χ3v) is 3.79. The van der Waals surface area contributed by atoms with Gasteiger partial charge in [0.15, 0.2) is 6.10 Å². The minimum Gasteiger partial charge on any atom is -0.481 e. The zero-order chi connectivity index (χ0) is 18.4. The molecule has 0 fully saturated rings. The van der Waals surface area contributed by atoms with E-state index >= 15 is 0 Å². The summed E-state index contributed by atoms with van der Waals surface area (Å²) < 4.78 is 10.5. The molecule has 0 radical (unpaired) electrons. The molecule has 5 nitrogen and oxygen atoms in total. The Morgan fingerprint density at radius 2 is 1.80 bits per heavy atom. The standard InChI is InChI=1S/C18H17Cl2NO4/c1-3-24-18(23)15-9-6-13(10-16(15)20)21-17(22)11(2)25-14-7-4-12(19)5-8-14/h4-11H,3H2,1-2H3,(H,21,22). The Morgan fingerprint density at radius 1 is 1.12 bits per heavy atom. The molecule has 1 amide bonds. The molecule has 7 heteroatoms. The van der Waals surface area contributed by atoms with E-state index in [1.165, 1.54) is 12.1 Å². The predicted octanol–water partition coefficient (Wildman–Crippen LogP) is 4.58. The van der Waals surface area contributed by atoms with E-state index in [0.717, 1.165) is 0 Å². The summed E-state index contributed by atoms with van der Waals surface area (Å²) in [7, 11) is 0. The number of halogens is 2. The van der Waals surface area contributed by atoms with E-state index in [4.69, 9.17) is 32.7 Å². The van der Waals surface area contributed by atoms with Crippen LogP contribution in [0.2, 0.25) is 10.0 Å².